The molecule has 1 N–H and O–H groups in total. The van der Waals surface area contributed by atoms with Gasteiger partial charge < -0.3 is 14.6 Å². The lowest BCUT2D eigenvalue weighted by molar-refractivity contribution is -0.143. The number of nitrogens with one attached hydrogen (secondary N) is 1. The van der Waals surface area contributed by atoms with Crippen molar-refractivity contribution in [3.8, 4) is 11.1 Å². The van der Waals surface area contributed by atoms with Crippen LogP contribution in [-0.2, 0) is 12.4 Å². The molecule has 15 heteroatoms. The van der Waals surface area contributed by atoms with Gasteiger partial charge in [-0.15, -0.1) is 10.2 Å². The van der Waals surface area contributed by atoms with Gasteiger partial charge in [0.25, 0.3) is 0 Å². The molecule has 0 spiro atoms. The monoisotopic (exact) mass is 529 g/mol. The molecule has 37 heavy (non-hydrogen) atoms. The highest BCUT2D eigenvalue weighted by atomic mass is 19.4. The molecular weight excluding hydrogens is 511 g/mol. The molecule has 1 fully saturated rings. The molecule has 2 atom stereocenters. The van der Waals surface area contributed by atoms with Crippen molar-refractivity contribution in [2.24, 2.45) is 0 Å². The quantitative estimate of drug-likeness (QED) is 0.366. The van der Waals surface area contributed by atoms with Gasteiger partial charge in [0, 0.05) is 25.2 Å². The van der Waals surface area contributed by atoms with E-state index in [1.54, 1.807) is 11.8 Å². The molecule has 1 aromatic carbocycles. The topological polar surface area (TPSA) is 84.4 Å². The zero-order chi connectivity index (χ0) is 26.5. The smallest absolute Gasteiger partial charge is 0.408 e. The minimum absolute atomic E-state index is 0.00182. The van der Waals surface area contributed by atoms with Gasteiger partial charge >= 0.3 is 18.4 Å². The van der Waals surface area contributed by atoms with Gasteiger partial charge in [-0.25, -0.2) is 8.91 Å². The molecule has 0 aliphatic carbocycles. The molecule has 1 aliphatic heterocycles. The summed E-state index contributed by atoms with van der Waals surface area (Å²) in [5.41, 5.74) is -3.22. The molecule has 1 saturated heterocycles. The van der Waals surface area contributed by atoms with E-state index in [4.69, 9.17) is 4.42 Å². The lowest BCUT2D eigenvalue weighted by atomic mass is 10.00. The number of hydrogen-bond donors (Lipinski definition) is 1. The number of aryl methyl sites for hydroxylation is 1. The lowest BCUT2D eigenvalue weighted by Crippen LogP contribution is -2.48. The third-order valence-electron chi connectivity index (χ3n) is 5.90. The van der Waals surface area contributed by atoms with Crippen LogP contribution in [0.25, 0.3) is 16.8 Å². The molecular formula is C22H18F7N7O. The van der Waals surface area contributed by atoms with Crippen molar-refractivity contribution in [2.45, 2.75) is 37.9 Å². The molecule has 0 radical (unpaired) electrons. The number of rotatable bonds is 4. The summed E-state index contributed by atoms with van der Waals surface area (Å²) in [5.74, 6) is 0.323. The minimum atomic E-state index is -4.99. The standard InChI is InChI=1S/C22H18F7N7O/c1-11-32-33-20(37-11)35-6-4-17(16(23)10-35)30-19-31-18-15(3-2-5-36(18)34-19)12-7-13(21(24,25)26)9-14(8-12)22(27,28)29/h2-3,5,7-9,16-17H,4,6,10H2,1H3,(H,30,34)/t16-,17-/m0/s1. The predicted octanol–water partition coefficient (Wildman–Crippen LogP) is 5.15. The van der Waals surface area contributed by atoms with Crippen molar-refractivity contribution in [2.75, 3.05) is 23.3 Å². The number of aromatic nitrogens is 5. The van der Waals surface area contributed by atoms with Crippen LogP contribution < -0.4 is 10.2 Å². The van der Waals surface area contributed by atoms with Gasteiger partial charge in [-0.1, -0.05) is 5.10 Å². The van der Waals surface area contributed by atoms with E-state index in [1.807, 2.05) is 0 Å². The maximum Gasteiger partial charge on any atom is 0.416 e. The Balaban J connectivity index is 1.43. The minimum Gasteiger partial charge on any atom is -0.408 e. The van der Waals surface area contributed by atoms with Crippen LogP contribution in [0.15, 0.2) is 40.9 Å². The van der Waals surface area contributed by atoms with Gasteiger partial charge in [-0.2, -0.15) is 31.3 Å². The maximum atomic E-state index is 14.9. The molecule has 0 amide bonds. The van der Waals surface area contributed by atoms with Crippen LogP contribution in [0.1, 0.15) is 23.4 Å². The van der Waals surface area contributed by atoms with Crippen LogP contribution in [0, 0.1) is 6.92 Å². The number of nitrogens with zero attached hydrogens (tertiary/aromatic N) is 6. The highest BCUT2D eigenvalue weighted by Gasteiger charge is 2.37. The fourth-order valence-electron chi connectivity index (χ4n) is 4.12. The number of anilines is 2. The number of hydrogen-bond acceptors (Lipinski definition) is 7. The van der Waals surface area contributed by atoms with Crippen LogP contribution in [0.2, 0.25) is 0 Å². The lowest BCUT2D eigenvalue weighted by Gasteiger charge is -2.33. The van der Waals surface area contributed by atoms with Gasteiger partial charge in [-0.3, -0.25) is 0 Å². The van der Waals surface area contributed by atoms with E-state index in [9.17, 15) is 30.7 Å². The van der Waals surface area contributed by atoms with Gasteiger partial charge in [0.15, 0.2) is 5.65 Å². The molecule has 5 rings (SSSR count). The van der Waals surface area contributed by atoms with Crippen LogP contribution in [0.4, 0.5) is 42.7 Å². The molecule has 0 unspecified atom stereocenters. The number of pyridine rings is 1. The van der Waals surface area contributed by atoms with E-state index in [0.29, 0.717) is 31.0 Å². The fraction of sp³-hybridized carbons (Fsp3) is 0.364. The molecule has 0 bridgehead atoms. The first kappa shape index (κ1) is 24.8. The second-order valence-corrected chi connectivity index (χ2v) is 8.53. The molecule has 4 heterocycles. The largest absolute Gasteiger partial charge is 0.416 e. The van der Waals surface area contributed by atoms with Gasteiger partial charge in [0.2, 0.25) is 11.8 Å². The average Bonchev–Trinajstić information content (AvgIpc) is 3.44. The van der Waals surface area contributed by atoms with Crippen LogP contribution >= 0.6 is 0 Å². The number of alkyl halides is 7. The summed E-state index contributed by atoms with van der Waals surface area (Å²) in [6.45, 7) is 1.97. The third kappa shape index (κ3) is 5.02. The van der Waals surface area contributed by atoms with Crippen molar-refractivity contribution < 1.29 is 35.2 Å². The van der Waals surface area contributed by atoms with E-state index < -0.39 is 35.7 Å². The number of benzene rings is 1. The highest BCUT2D eigenvalue weighted by molar-refractivity contribution is 5.79. The summed E-state index contributed by atoms with van der Waals surface area (Å²) < 4.78 is 101. The Morgan fingerprint density at radius 1 is 1.03 bits per heavy atom. The number of piperidine rings is 1. The van der Waals surface area contributed by atoms with E-state index >= 15 is 0 Å². The molecule has 196 valence electrons. The molecule has 4 aromatic rings. The summed E-state index contributed by atoms with van der Waals surface area (Å²) in [6.07, 6.45) is -9.63. The van der Waals surface area contributed by atoms with Crippen molar-refractivity contribution in [3.05, 3.63) is 53.5 Å². The van der Waals surface area contributed by atoms with E-state index in [1.165, 1.54) is 22.8 Å². The first-order valence-electron chi connectivity index (χ1n) is 11.0. The zero-order valence-corrected chi connectivity index (χ0v) is 19.0. The van der Waals surface area contributed by atoms with Crippen LogP contribution in [0.3, 0.4) is 0 Å². The number of fused-ring (bicyclic) bond motifs is 1. The van der Waals surface area contributed by atoms with Crippen molar-refractivity contribution in [3.63, 3.8) is 0 Å². The first-order chi connectivity index (χ1) is 17.4. The van der Waals surface area contributed by atoms with Crippen molar-refractivity contribution in [1.29, 1.82) is 0 Å². The zero-order valence-electron chi connectivity index (χ0n) is 19.0. The molecule has 8 nitrogen and oxygen atoms in total. The normalized spacial score (nSPS) is 19.0. The van der Waals surface area contributed by atoms with E-state index in [-0.39, 0.29) is 41.3 Å². The molecule has 0 saturated carbocycles. The summed E-state index contributed by atoms with van der Waals surface area (Å²) >= 11 is 0. The maximum absolute atomic E-state index is 14.9. The summed E-state index contributed by atoms with van der Waals surface area (Å²) in [7, 11) is 0. The Morgan fingerprint density at radius 3 is 2.32 bits per heavy atom. The first-order valence-corrected chi connectivity index (χ1v) is 11.0. The Labute approximate surface area is 204 Å². The Morgan fingerprint density at radius 2 is 1.73 bits per heavy atom. The highest BCUT2D eigenvalue weighted by Crippen LogP contribution is 2.39. The summed E-state index contributed by atoms with van der Waals surface area (Å²) in [5, 5.41) is 14.7. The van der Waals surface area contributed by atoms with Gasteiger partial charge in [0.05, 0.1) is 23.7 Å². The van der Waals surface area contributed by atoms with Gasteiger partial charge in [-0.05, 0) is 42.3 Å². The third-order valence-corrected chi connectivity index (χ3v) is 5.90. The Hall–Kier alpha value is -3.91. The van der Waals surface area contributed by atoms with Crippen molar-refractivity contribution >= 4 is 17.6 Å². The SMILES string of the molecule is Cc1nnc(N2CC[C@H](Nc3nc4c(-c5cc(C(F)(F)F)cc(C(F)(F)F)c5)cccn4n3)[C@@H](F)C2)o1. The summed E-state index contributed by atoms with van der Waals surface area (Å²) in [6, 6.07) is 3.56. The molecule has 3 aromatic heterocycles. The van der Waals surface area contributed by atoms with E-state index in [2.05, 4.69) is 25.6 Å². The number of halogens is 7. The van der Waals surface area contributed by atoms with Crippen molar-refractivity contribution in [1.82, 2.24) is 24.8 Å². The van der Waals surface area contributed by atoms with Crippen LogP contribution in [-0.4, -0.2) is 50.1 Å². The molecule has 1 aliphatic rings. The summed E-state index contributed by atoms with van der Waals surface area (Å²) in [4.78, 5) is 5.84. The predicted molar refractivity (Wildman–Crippen MR) is 117 cm³/mol. The second kappa shape index (κ2) is 8.88. The van der Waals surface area contributed by atoms with Crippen LogP contribution in [0.5, 0.6) is 0 Å². The Kier molecular flexibility index (Phi) is 5.95. The van der Waals surface area contributed by atoms with E-state index in [0.717, 1.165) is 0 Å². The fourth-order valence-corrected chi connectivity index (χ4v) is 4.12. The Bertz CT molecular complexity index is 1400. The average molecular weight is 529 g/mol. The van der Waals surface area contributed by atoms with Gasteiger partial charge in [0.1, 0.15) is 6.17 Å². The second-order valence-electron chi connectivity index (χ2n) is 8.53.